The van der Waals surface area contributed by atoms with Crippen molar-refractivity contribution in [1.82, 2.24) is 0 Å². The Bertz CT molecular complexity index is 536. The van der Waals surface area contributed by atoms with E-state index in [0.717, 1.165) is 18.9 Å². The molecule has 0 fully saturated rings. The number of aromatic carboxylic acids is 1. The predicted molar refractivity (Wildman–Crippen MR) is 70.2 cm³/mol. The van der Waals surface area contributed by atoms with Crippen molar-refractivity contribution in [3.8, 4) is 5.75 Å². The van der Waals surface area contributed by atoms with Crippen molar-refractivity contribution in [2.75, 3.05) is 5.32 Å². The molecular weight excluding hydrogens is 246 g/mol. The maximum absolute atomic E-state index is 11.8. The zero-order valence-corrected chi connectivity index (χ0v) is 10.3. The molecule has 5 heteroatoms. The molecule has 1 aliphatic carbocycles. The molecule has 1 aromatic carbocycles. The van der Waals surface area contributed by atoms with Gasteiger partial charge in [0.15, 0.2) is 0 Å². The molecule has 0 aromatic heterocycles. The van der Waals surface area contributed by atoms with Crippen molar-refractivity contribution in [2.45, 2.75) is 19.3 Å². The molecule has 0 heterocycles. The lowest BCUT2D eigenvalue weighted by molar-refractivity contribution is -0.116. The van der Waals surface area contributed by atoms with Crippen LogP contribution in [0.15, 0.2) is 30.4 Å². The lowest BCUT2D eigenvalue weighted by Gasteiger charge is -2.11. The maximum Gasteiger partial charge on any atom is 0.337 e. The Balaban J connectivity index is 2.07. The predicted octanol–water partition coefficient (Wildman–Crippen LogP) is 2.39. The fourth-order valence-corrected chi connectivity index (χ4v) is 2.12. The van der Waals surface area contributed by atoms with Crippen LogP contribution >= 0.6 is 0 Å². The molecule has 0 saturated heterocycles. The number of anilines is 1. The van der Waals surface area contributed by atoms with Gasteiger partial charge >= 0.3 is 5.97 Å². The first-order valence-electron chi connectivity index (χ1n) is 6.09. The molecule has 0 saturated carbocycles. The third-order valence-electron chi connectivity index (χ3n) is 3.07. The number of amides is 1. The summed E-state index contributed by atoms with van der Waals surface area (Å²) in [6.07, 6.45) is 6.33. The summed E-state index contributed by atoms with van der Waals surface area (Å²) < 4.78 is 0. The summed E-state index contributed by atoms with van der Waals surface area (Å²) in [5.41, 5.74) is 0.0904. The number of aromatic hydroxyl groups is 1. The number of phenols is 1. The van der Waals surface area contributed by atoms with Gasteiger partial charge in [0.1, 0.15) is 5.75 Å². The summed E-state index contributed by atoms with van der Waals surface area (Å²) in [5, 5.41) is 20.9. The van der Waals surface area contributed by atoms with Crippen LogP contribution in [-0.4, -0.2) is 22.1 Å². The van der Waals surface area contributed by atoms with Crippen LogP contribution in [0.3, 0.4) is 0 Å². The van der Waals surface area contributed by atoms with Crippen molar-refractivity contribution < 1.29 is 19.8 Å². The molecular formula is C14H15NO4. The van der Waals surface area contributed by atoms with Crippen molar-refractivity contribution in [3.63, 3.8) is 0 Å². The molecule has 1 aliphatic rings. The number of rotatable bonds is 4. The van der Waals surface area contributed by atoms with E-state index in [1.807, 2.05) is 12.2 Å². The number of carbonyl (C=O) groups excluding carboxylic acids is 1. The number of phenolic OH excluding ortho intramolecular Hbond substituents is 1. The minimum atomic E-state index is -1.19. The van der Waals surface area contributed by atoms with Crippen molar-refractivity contribution in [3.05, 3.63) is 35.9 Å². The lowest BCUT2D eigenvalue weighted by atomic mass is 10.0. The van der Waals surface area contributed by atoms with Crippen LogP contribution in [0.25, 0.3) is 0 Å². The maximum atomic E-state index is 11.8. The van der Waals surface area contributed by atoms with Crippen LogP contribution in [0.1, 0.15) is 29.6 Å². The Hall–Kier alpha value is -2.30. The SMILES string of the molecule is O=C(CC1C=CCC1)Nc1ccc(O)cc1C(=O)O. The van der Waals surface area contributed by atoms with Gasteiger partial charge in [0.2, 0.25) is 5.91 Å². The highest BCUT2D eigenvalue weighted by Gasteiger charge is 2.17. The molecule has 2 rings (SSSR count). The minimum absolute atomic E-state index is 0.115. The van der Waals surface area contributed by atoms with E-state index < -0.39 is 5.97 Å². The molecule has 0 radical (unpaired) electrons. The Morgan fingerprint density at radius 1 is 1.37 bits per heavy atom. The van der Waals surface area contributed by atoms with E-state index in [1.165, 1.54) is 12.1 Å². The van der Waals surface area contributed by atoms with Gasteiger partial charge in [-0.2, -0.15) is 0 Å². The highest BCUT2D eigenvalue weighted by molar-refractivity contribution is 6.00. The Labute approximate surface area is 110 Å². The summed E-state index contributed by atoms with van der Waals surface area (Å²) in [4.78, 5) is 22.9. The van der Waals surface area contributed by atoms with Gasteiger partial charge in [-0.05, 0) is 37.0 Å². The second-order valence-corrected chi connectivity index (χ2v) is 4.55. The topological polar surface area (TPSA) is 86.6 Å². The number of carboxylic acids is 1. The number of carbonyl (C=O) groups is 2. The molecule has 0 bridgehead atoms. The highest BCUT2D eigenvalue weighted by atomic mass is 16.4. The zero-order valence-electron chi connectivity index (χ0n) is 10.3. The molecule has 1 atom stereocenters. The average Bonchev–Trinajstić information content (AvgIpc) is 2.83. The van der Waals surface area contributed by atoms with E-state index in [9.17, 15) is 14.7 Å². The van der Waals surface area contributed by atoms with Gasteiger partial charge in [0.25, 0.3) is 0 Å². The monoisotopic (exact) mass is 261 g/mol. The highest BCUT2D eigenvalue weighted by Crippen LogP contribution is 2.24. The molecule has 100 valence electrons. The molecule has 0 spiro atoms. The third-order valence-corrected chi connectivity index (χ3v) is 3.07. The second-order valence-electron chi connectivity index (χ2n) is 4.55. The van der Waals surface area contributed by atoms with Crippen LogP contribution in [0.4, 0.5) is 5.69 Å². The quantitative estimate of drug-likeness (QED) is 0.573. The molecule has 1 aromatic rings. The first kappa shape index (κ1) is 13.1. The second kappa shape index (κ2) is 5.56. The fourth-order valence-electron chi connectivity index (χ4n) is 2.12. The molecule has 5 nitrogen and oxygen atoms in total. The molecule has 0 aliphatic heterocycles. The molecule has 19 heavy (non-hydrogen) atoms. The van der Waals surface area contributed by atoms with E-state index in [4.69, 9.17) is 5.11 Å². The van der Waals surface area contributed by atoms with Crippen LogP contribution in [0, 0.1) is 5.92 Å². The van der Waals surface area contributed by atoms with Gasteiger partial charge in [-0.3, -0.25) is 4.79 Å². The number of benzene rings is 1. The number of hydrogen-bond donors (Lipinski definition) is 3. The van der Waals surface area contributed by atoms with Gasteiger partial charge in [-0.25, -0.2) is 4.79 Å². The van der Waals surface area contributed by atoms with Crippen LogP contribution in [-0.2, 0) is 4.79 Å². The first-order valence-corrected chi connectivity index (χ1v) is 6.09. The van der Waals surface area contributed by atoms with E-state index in [-0.39, 0.29) is 28.8 Å². The Morgan fingerprint density at radius 3 is 2.79 bits per heavy atom. The van der Waals surface area contributed by atoms with Gasteiger partial charge in [0, 0.05) is 6.42 Å². The van der Waals surface area contributed by atoms with Crippen molar-refractivity contribution in [2.24, 2.45) is 5.92 Å². The summed E-state index contributed by atoms with van der Waals surface area (Å²) in [5.74, 6) is -1.32. The summed E-state index contributed by atoms with van der Waals surface area (Å²) in [7, 11) is 0. The standard InChI is InChI=1S/C14H15NO4/c16-10-5-6-12(11(8-10)14(18)19)15-13(17)7-9-3-1-2-4-9/h1,3,5-6,8-9,16H,2,4,7H2,(H,15,17)(H,18,19). The van der Waals surface area contributed by atoms with Gasteiger partial charge < -0.3 is 15.5 Å². The Kier molecular flexibility index (Phi) is 3.85. The zero-order chi connectivity index (χ0) is 13.8. The van der Waals surface area contributed by atoms with Gasteiger partial charge in [-0.1, -0.05) is 12.2 Å². The van der Waals surface area contributed by atoms with Crippen LogP contribution < -0.4 is 5.32 Å². The molecule has 1 unspecified atom stereocenters. The number of allylic oxidation sites excluding steroid dienone is 2. The van der Waals surface area contributed by atoms with E-state index in [1.54, 1.807) is 0 Å². The summed E-state index contributed by atoms with van der Waals surface area (Å²) in [6, 6.07) is 3.85. The Morgan fingerprint density at radius 2 is 2.16 bits per heavy atom. The van der Waals surface area contributed by atoms with Crippen molar-refractivity contribution >= 4 is 17.6 Å². The largest absolute Gasteiger partial charge is 0.508 e. The smallest absolute Gasteiger partial charge is 0.337 e. The van der Waals surface area contributed by atoms with Crippen LogP contribution in [0.2, 0.25) is 0 Å². The van der Waals surface area contributed by atoms with Crippen molar-refractivity contribution in [1.29, 1.82) is 0 Å². The first-order chi connectivity index (χ1) is 9.06. The number of carboxylic acid groups (broad SMARTS) is 1. The molecule has 1 amide bonds. The minimum Gasteiger partial charge on any atom is -0.508 e. The number of nitrogens with one attached hydrogen (secondary N) is 1. The van der Waals surface area contributed by atoms with E-state index in [2.05, 4.69) is 5.32 Å². The fraction of sp³-hybridized carbons (Fsp3) is 0.286. The van der Waals surface area contributed by atoms with E-state index in [0.29, 0.717) is 6.42 Å². The van der Waals surface area contributed by atoms with Gasteiger partial charge in [0.05, 0.1) is 11.3 Å². The lowest BCUT2D eigenvalue weighted by Crippen LogP contribution is -2.16. The van der Waals surface area contributed by atoms with E-state index >= 15 is 0 Å². The average molecular weight is 261 g/mol. The van der Waals surface area contributed by atoms with Crippen LogP contribution in [0.5, 0.6) is 5.75 Å². The normalized spacial score (nSPS) is 17.4. The third kappa shape index (κ3) is 3.34. The van der Waals surface area contributed by atoms with Gasteiger partial charge in [-0.15, -0.1) is 0 Å². The molecule has 3 N–H and O–H groups in total. The number of hydrogen-bond acceptors (Lipinski definition) is 3. The summed E-state index contributed by atoms with van der Waals surface area (Å²) >= 11 is 0. The summed E-state index contributed by atoms with van der Waals surface area (Å²) in [6.45, 7) is 0.